The van der Waals surface area contributed by atoms with Crippen LogP contribution in [0.1, 0.15) is 30.2 Å². The lowest BCUT2D eigenvalue weighted by atomic mass is 9.88. The van der Waals surface area contributed by atoms with Crippen molar-refractivity contribution >= 4 is 41.3 Å². The summed E-state index contributed by atoms with van der Waals surface area (Å²) in [5, 5.41) is 8.84. The van der Waals surface area contributed by atoms with Gasteiger partial charge in [-0.2, -0.15) is 13.2 Å². The molecule has 3 atom stereocenters. The van der Waals surface area contributed by atoms with Crippen molar-refractivity contribution in [1.29, 1.82) is 0 Å². The SMILES string of the molecule is CN=C(NCC1CCCN(C)C1c1cccs1)NC1CCN(CC(F)(F)F)C1.I. The average Bonchev–Trinajstić information content (AvgIpc) is 3.29. The number of piperidine rings is 1. The summed E-state index contributed by atoms with van der Waals surface area (Å²) in [6.07, 6.45) is -1.12. The standard InChI is InChI=1S/C19H30F3N5S.HI/c1-23-18(25-15-7-9-27(12-15)13-19(20,21)22)24-11-14-5-3-8-26(2)17(14)16-6-4-10-28-16;/h4,6,10,14-15,17H,3,5,7-9,11-13H2,1-2H3,(H2,23,24,25);1H. The molecular formula is C19H31F3IN5S. The fourth-order valence-corrected chi connectivity index (χ4v) is 5.33. The average molecular weight is 545 g/mol. The topological polar surface area (TPSA) is 42.9 Å². The van der Waals surface area contributed by atoms with E-state index in [4.69, 9.17) is 0 Å². The number of aliphatic imine (C=N–C) groups is 1. The van der Waals surface area contributed by atoms with Crippen molar-refractivity contribution in [2.75, 3.05) is 46.8 Å². The lowest BCUT2D eigenvalue weighted by Gasteiger charge is -2.39. The van der Waals surface area contributed by atoms with Crippen LogP contribution in [0, 0.1) is 5.92 Å². The molecule has 3 rings (SSSR count). The van der Waals surface area contributed by atoms with E-state index in [-0.39, 0.29) is 30.0 Å². The summed E-state index contributed by atoms with van der Waals surface area (Å²) in [4.78, 5) is 9.54. The zero-order valence-electron chi connectivity index (χ0n) is 16.9. The Bertz CT molecular complexity index is 640. The number of nitrogens with zero attached hydrogens (tertiary/aromatic N) is 3. The van der Waals surface area contributed by atoms with Gasteiger partial charge in [0.1, 0.15) is 0 Å². The van der Waals surface area contributed by atoms with E-state index in [9.17, 15) is 13.2 Å². The van der Waals surface area contributed by atoms with Crippen molar-refractivity contribution in [2.45, 2.75) is 37.5 Å². The smallest absolute Gasteiger partial charge is 0.356 e. The highest BCUT2D eigenvalue weighted by molar-refractivity contribution is 14.0. The Morgan fingerprint density at radius 1 is 1.31 bits per heavy atom. The molecule has 0 aliphatic carbocycles. The molecule has 2 aliphatic rings. The van der Waals surface area contributed by atoms with Crippen molar-refractivity contribution in [3.05, 3.63) is 22.4 Å². The molecule has 2 aliphatic heterocycles. The number of hydrogen-bond donors (Lipinski definition) is 2. The molecule has 5 nitrogen and oxygen atoms in total. The monoisotopic (exact) mass is 545 g/mol. The van der Waals surface area contributed by atoms with Crippen LogP contribution in [0.2, 0.25) is 0 Å². The highest BCUT2D eigenvalue weighted by Gasteiger charge is 2.35. The van der Waals surface area contributed by atoms with Crippen LogP contribution in [-0.2, 0) is 0 Å². The van der Waals surface area contributed by atoms with Crippen molar-refractivity contribution in [2.24, 2.45) is 10.9 Å². The molecule has 29 heavy (non-hydrogen) atoms. The first-order chi connectivity index (χ1) is 13.4. The minimum absolute atomic E-state index is 0. The van der Waals surface area contributed by atoms with Gasteiger partial charge in [-0.15, -0.1) is 35.3 Å². The Labute approximate surface area is 192 Å². The van der Waals surface area contributed by atoms with Crippen LogP contribution in [0.3, 0.4) is 0 Å². The van der Waals surface area contributed by atoms with Crippen molar-refractivity contribution in [1.82, 2.24) is 20.4 Å². The van der Waals surface area contributed by atoms with Crippen LogP contribution in [-0.4, -0.2) is 74.8 Å². The number of halogens is 4. The van der Waals surface area contributed by atoms with Gasteiger partial charge in [0.15, 0.2) is 5.96 Å². The third-order valence-corrected chi connectivity index (χ3v) is 6.56. The Morgan fingerprint density at radius 3 is 2.76 bits per heavy atom. The number of guanidine groups is 1. The van der Waals surface area contributed by atoms with E-state index in [1.165, 1.54) is 16.2 Å². The van der Waals surface area contributed by atoms with E-state index in [0.29, 0.717) is 37.4 Å². The number of rotatable bonds is 5. The molecule has 0 amide bonds. The zero-order valence-corrected chi connectivity index (χ0v) is 20.1. The molecule has 0 spiro atoms. The first-order valence-electron chi connectivity index (χ1n) is 9.85. The van der Waals surface area contributed by atoms with Gasteiger partial charge >= 0.3 is 6.18 Å². The van der Waals surface area contributed by atoms with E-state index < -0.39 is 12.7 Å². The van der Waals surface area contributed by atoms with Crippen LogP contribution in [0.15, 0.2) is 22.5 Å². The van der Waals surface area contributed by atoms with Gasteiger partial charge in [-0.05, 0) is 50.2 Å². The predicted octanol–water partition coefficient (Wildman–Crippen LogP) is 3.55. The Hall–Kier alpha value is -0.590. The molecule has 2 fully saturated rings. The Balaban J connectivity index is 0.00000300. The van der Waals surface area contributed by atoms with Crippen molar-refractivity contribution in [3.63, 3.8) is 0 Å². The number of alkyl halides is 3. The molecule has 166 valence electrons. The fraction of sp³-hybridized carbons (Fsp3) is 0.737. The molecule has 1 aromatic rings. The van der Waals surface area contributed by atoms with E-state index >= 15 is 0 Å². The number of thiophene rings is 1. The van der Waals surface area contributed by atoms with Gasteiger partial charge in [0, 0.05) is 43.6 Å². The van der Waals surface area contributed by atoms with Crippen LogP contribution in [0.5, 0.6) is 0 Å². The largest absolute Gasteiger partial charge is 0.401 e. The summed E-state index contributed by atoms with van der Waals surface area (Å²) in [5.74, 6) is 1.15. The number of nitrogens with one attached hydrogen (secondary N) is 2. The first kappa shape index (κ1) is 24.7. The summed E-state index contributed by atoms with van der Waals surface area (Å²) < 4.78 is 37.7. The third-order valence-electron chi connectivity index (χ3n) is 5.61. The minimum atomic E-state index is -4.14. The van der Waals surface area contributed by atoms with E-state index in [1.54, 1.807) is 18.4 Å². The van der Waals surface area contributed by atoms with Gasteiger partial charge in [-0.3, -0.25) is 14.8 Å². The van der Waals surface area contributed by atoms with E-state index in [0.717, 1.165) is 19.5 Å². The maximum atomic E-state index is 12.6. The molecule has 1 aromatic heterocycles. The van der Waals surface area contributed by atoms with Crippen LogP contribution in [0.25, 0.3) is 0 Å². The Morgan fingerprint density at radius 2 is 2.10 bits per heavy atom. The molecule has 0 aromatic carbocycles. The molecule has 2 N–H and O–H groups in total. The third kappa shape index (κ3) is 7.25. The molecule has 3 heterocycles. The van der Waals surface area contributed by atoms with Crippen LogP contribution >= 0.6 is 35.3 Å². The van der Waals surface area contributed by atoms with Gasteiger partial charge in [-0.1, -0.05) is 6.07 Å². The molecule has 0 bridgehead atoms. The van der Waals surface area contributed by atoms with Crippen LogP contribution in [0.4, 0.5) is 13.2 Å². The summed E-state index contributed by atoms with van der Waals surface area (Å²) in [7, 11) is 3.89. The second kappa shape index (κ2) is 11.1. The highest BCUT2D eigenvalue weighted by Crippen LogP contribution is 2.36. The maximum absolute atomic E-state index is 12.6. The maximum Gasteiger partial charge on any atom is 0.401 e. The van der Waals surface area contributed by atoms with Gasteiger partial charge < -0.3 is 10.6 Å². The highest BCUT2D eigenvalue weighted by atomic mass is 127. The molecule has 2 saturated heterocycles. The molecule has 10 heteroatoms. The minimum Gasteiger partial charge on any atom is -0.356 e. The van der Waals surface area contributed by atoms with Gasteiger partial charge in [-0.25, -0.2) is 0 Å². The summed E-state index contributed by atoms with van der Waals surface area (Å²) in [5.41, 5.74) is 0. The lowest BCUT2D eigenvalue weighted by Crippen LogP contribution is -2.48. The summed E-state index contributed by atoms with van der Waals surface area (Å²) >= 11 is 1.80. The second-order valence-corrected chi connectivity index (χ2v) is 8.76. The van der Waals surface area contributed by atoms with E-state index in [1.807, 2.05) is 0 Å². The molecule has 0 saturated carbocycles. The number of hydrogen-bond acceptors (Lipinski definition) is 4. The first-order valence-corrected chi connectivity index (χ1v) is 10.7. The molecule has 3 unspecified atom stereocenters. The quantitative estimate of drug-likeness (QED) is 0.338. The Kier molecular flexibility index (Phi) is 9.49. The van der Waals surface area contributed by atoms with Gasteiger partial charge in [0.2, 0.25) is 0 Å². The second-order valence-electron chi connectivity index (χ2n) is 7.78. The summed E-state index contributed by atoms with van der Waals surface area (Å²) in [6, 6.07) is 4.69. The fourth-order valence-electron chi connectivity index (χ4n) is 4.35. The molecule has 0 radical (unpaired) electrons. The predicted molar refractivity (Wildman–Crippen MR) is 123 cm³/mol. The normalized spacial score (nSPS) is 26.9. The summed E-state index contributed by atoms with van der Waals surface area (Å²) in [6.45, 7) is 1.91. The van der Waals surface area contributed by atoms with Crippen LogP contribution < -0.4 is 10.6 Å². The lowest BCUT2D eigenvalue weighted by molar-refractivity contribution is -0.143. The van der Waals surface area contributed by atoms with E-state index in [2.05, 4.69) is 45.1 Å². The molecular weight excluding hydrogens is 514 g/mol. The zero-order chi connectivity index (χ0) is 20.1. The van der Waals surface area contributed by atoms with Gasteiger partial charge in [0.25, 0.3) is 0 Å². The van der Waals surface area contributed by atoms with Crippen molar-refractivity contribution < 1.29 is 13.2 Å². The van der Waals surface area contributed by atoms with Gasteiger partial charge in [0.05, 0.1) is 6.54 Å². The van der Waals surface area contributed by atoms with Crippen molar-refractivity contribution in [3.8, 4) is 0 Å². The number of likely N-dealkylation sites (tertiary alicyclic amines) is 2.